The Labute approximate surface area is 126 Å². The zero-order chi connectivity index (χ0) is 15.7. The smallest absolute Gasteiger partial charge is 0.310 e. The molecule has 0 bridgehead atoms. The first kappa shape index (κ1) is 14.3. The number of benzene rings is 1. The van der Waals surface area contributed by atoms with Gasteiger partial charge in [-0.1, -0.05) is 30.3 Å². The Kier molecular flexibility index (Phi) is 3.63. The highest BCUT2D eigenvalue weighted by Crippen LogP contribution is 2.50. The number of carbonyl (C=O) groups excluding carboxylic acids is 3. The maximum Gasteiger partial charge on any atom is 0.310 e. The van der Waals surface area contributed by atoms with Crippen LogP contribution in [0.15, 0.2) is 53.1 Å². The maximum atomic E-state index is 12.5. The first-order chi connectivity index (χ1) is 10.6. The number of rotatable bonds is 5. The van der Waals surface area contributed by atoms with Gasteiger partial charge in [-0.05, 0) is 12.1 Å². The van der Waals surface area contributed by atoms with E-state index in [2.05, 4.69) is 0 Å². The van der Waals surface area contributed by atoms with Crippen molar-refractivity contribution in [2.45, 2.75) is 0 Å². The molecule has 5 heteroatoms. The van der Waals surface area contributed by atoms with E-state index in [-0.39, 0.29) is 17.3 Å². The summed E-state index contributed by atoms with van der Waals surface area (Å²) in [5, 5.41) is 0. The van der Waals surface area contributed by atoms with Crippen LogP contribution in [0.3, 0.4) is 0 Å². The third kappa shape index (κ3) is 2.35. The summed E-state index contributed by atoms with van der Waals surface area (Å²) in [6, 6.07) is 11.7. The standard InChI is InChI=1S/C17H14O5/c1-21-17(20)14-12(15(18)10-6-3-2-4-7-10)13(14)16(19)11-8-5-9-22-11/h2-9,12-14H,1H3. The predicted molar refractivity (Wildman–Crippen MR) is 76.3 cm³/mol. The van der Waals surface area contributed by atoms with Gasteiger partial charge >= 0.3 is 5.97 Å². The topological polar surface area (TPSA) is 73.6 Å². The van der Waals surface area contributed by atoms with Crippen LogP contribution in [0.1, 0.15) is 20.9 Å². The average Bonchev–Trinajstić information content (AvgIpc) is 3.05. The molecule has 3 rings (SSSR count). The van der Waals surface area contributed by atoms with Crippen molar-refractivity contribution in [3.05, 3.63) is 60.1 Å². The van der Waals surface area contributed by atoms with Crippen LogP contribution in [0, 0.1) is 17.8 Å². The highest BCUT2D eigenvalue weighted by molar-refractivity contribution is 6.11. The fraction of sp³-hybridized carbons (Fsp3) is 0.235. The summed E-state index contributed by atoms with van der Waals surface area (Å²) >= 11 is 0. The van der Waals surface area contributed by atoms with E-state index < -0.39 is 23.7 Å². The molecule has 0 amide bonds. The molecule has 0 aliphatic heterocycles. The first-order valence-electron chi connectivity index (χ1n) is 6.90. The Morgan fingerprint density at radius 2 is 1.59 bits per heavy atom. The molecule has 0 N–H and O–H groups in total. The molecule has 112 valence electrons. The van der Waals surface area contributed by atoms with Gasteiger partial charge in [-0.25, -0.2) is 0 Å². The summed E-state index contributed by atoms with van der Waals surface area (Å²) in [6.45, 7) is 0. The Bertz CT molecular complexity index is 702. The van der Waals surface area contributed by atoms with Crippen LogP contribution in [0.25, 0.3) is 0 Å². The van der Waals surface area contributed by atoms with E-state index >= 15 is 0 Å². The molecule has 1 aliphatic rings. The molecule has 1 fully saturated rings. The van der Waals surface area contributed by atoms with Crippen molar-refractivity contribution in [3.8, 4) is 0 Å². The van der Waals surface area contributed by atoms with E-state index in [1.54, 1.807) is 36.4 Å². The number of methoxy groups -OCH3 is 1. The van der Waals surface area contributed by atoms with Gasteiger partial charge in [0.25, 0.3) is 0 Å². The lowest BCUT2D eigenvalue weighted by molar-refractivity contribution is -0.142. The van der Waals surface area contributed by atoms with Crippen molar-refractivity contribution in [3.63, 3.8) is 0 Å². The van der Waals surface area contributed by atoms with E-state index in [0.29, 0.717) is 5.56 Å². The molecular formula is C17H14O5. The number of ether oxygens (including phenoxy) is 1. The second kappa shape index (κ2) is 5.60. The van der Waals surface area contributed by atoms with Crippen LogP contribution in [0.5, 0.6) is 0 Å². The van der Waals surface area contributed by atoms with E-state index in [0.717, 1.165) is 0 Å². The lowest BCUT2D eigenvalue weighted by Gasteiger charge is -1.99. The number of esters is 1. The van der Waals surface area contributed by atoms with Crippen molar-refractivity contribution < 1.29 is 23.5 Å². The number of Topliss-reactive ketones (excluding diaryl/α,β-unsaturated/α-hetero) is 2. The van der Waals surface area contributed by atoms with Crippen molar-refractivity contribution >= 4 is 17.5 Å². The second-order valence-electron chi connectivity index (χ2n) is 5.17. The van der Waals surface area contributed by atoms with Gasteiger partial charge in [-0.3, -0.25) is 14.4 Å². The molecule has 1 aromatic heterocycles. The lowest BCUT2D eigenvalue weighted by Crippen LogP contribution is -2.10. The molecule has 5 nitrogen and oxygen atoms in total. The normalized spacial score (nSPS) is 22.9. The molecule has 1 heterocycles. The molecule has 1 aliphatic carbocycles. The number of hydrogen-bond donors (Lipinski definition) is 0. The van der Waals surface area contributed by atoms with Crippen molar-refractivity contribution in [2.75, 3.05) is 7.11 Å². The second-order valence-corrected chi connectivity index (χ2v) is 5.17. The molecule has 0 radical (unpaired) electrons. The average molecular weight is 298 g/mol. The summed E-state index contributed by atoms with van der Waals surface area (Å²) in [5.74, 6) is -3.09. The molecule has 22 heavy (non-hydrogen) atoms. The zero-order valence-corrected chi connectivity index (χ0v) is 11.9. The monoisotopic (exact) mass is 298 g/mol. The van der Waals surface area contributed by atoms with E-state index in [1.165, 1.54) is 19.4 Å². The highest BCUT2D eigenvalue weighted by Gasteiger charge is 2.63. The SMILES string of the molecule is COC(=O)C1C(C(=O)c2ccccc2)C1C(=O)c1ccco1. The summed E-state index contributed by atoms with van der Waals surface area (Å²) < 4.78 is 9.79. The molecule has 2 aromatic rings. The molecule has 1 aromatic carbocycles. The summed E-state index contributed by atoms with van der Waals surface area (Å²) in [4.78, 5) is 36.8. The van der Waals surface area contributed by atoms with Gasteiger partial charge in [0.2, 0.25) is 5.78 Å². The predicted octanol–water partition coefficient (Wildman–Crippen LogP) is 2.38. The Hall–Kier alpha value is -2.69. The van der Waals surface area contributed by atoms with Crippen molar-refractivity contribution in [1.29, 1.82) is 0 Å². The summed E-state index contributed by atoms with van der Waals surface area (Å²) in [6.07, 6.45) is 1.39. The molecule has 0 saturated heterocycles. The number of ketones is 2. The highest BCUT2D eigenvalue weighted by atomic mass is 16.5. The third-order valence-corrected chi connectivity index (χ3v) is 3.92. The van der Waals surface area contributed by atoms with Crippen molar-refractivity contribution in [1.82, 2.24) is 0 Å². The Morgan fingerprint density at radius 1 is 0.909 bits per heavy atom. The lowest BCUT2D eigenvalue weighted by atomic mass is 10.0. The van der Waals surface area contributed by atoms with Crippen LogP contribution in [-0.4, -0.2) is 24.6 Å². The summed E-state index contributed by atoms with van der Waals surface area (Å²) in [5.41, 5.74) is 0.483. The van der Waals surface area contributed by atoms with E-state index in [9.17, 15) is 14.4 Å². The first-order valence-corrected chi connectivity index (χ1v) is 6.90. The number of hydrogen-bond acceptors (Lipinski definition) is 5. The van der Waals surface area contributed by atoms with Crippen LogP contribution in [0.4, 0.5) is 0 Å². The largest absolute Gasteiger partial charge is 0.469 e. The van der Waals surface area contributed by atoms with Crippen LogP contribution in [-0.2, 0) is 9.53 Å². The molecule has 3 unspecified atom stereocenters. The van der Waals surface area contributed by atoms with Gasteiger partial charge in [0, 0.05) is 11.5 Å². The molecule has 3 atom stereocenters. The zero-order valence-electron chi connectivity index (χ0n) is 11.9. The van der Waals surface area contributed by atoms with Crippen LogP contribution >= 0.6 is 0 Å². The minimum absolute atomic E-state index is 0.155. The van der Waals surface area contributed by atoms with Crippen molar-refractivity contribution in [2.24, 2.45) is 17.8 Å². The summed E-state index contributed by atoms with van der Waals surface area (Å²) in [7, 11) is 1.25. The fourth-order valence-electron chi connectivity index (χ4n) is 2.77. The van der Waals surface area contributed by atoms with Gasteiger partial charge in [0.05, 0.1) is 25.2 Å². The quantitative estimate of drug-likeness (QED) is 0.626. The van der Waals surface area contributed by atoms with Gasteiger partial charge in [0.15, 0.2) is 11.5 Å². The van der Waals surface area contributed by atoms with Gasteiger partial charge in [-0.15, -0.1) is 0 Å². The van der Waals surface area contributed by atoms with Crippen LogP contribution in [0.2, 0.25) is 0 Å². The maximum absolute atomic E-state index is 12.5. The van der Waals surface area contributed by atoms with Gasteiger partial charge < -0.3 is 9.15 Å². The minimum Gasteiger partial charge on any atom is -0.469 e. The minimum atomic E-state index is -0.740. The molecule has 1 saturated carbocycles. The Morgan fingerprint density at radius 3 is 2.18 bits per heavy atom. The molecule has 0 spiro atoms. The number of furan rings is 1. The van der Waals surface area contributed by atoms with Gasteiger partial charge in [0.1, 0.15) is 0 Å². The fourth-order valence-corrected chi connectivity index (χ4v) is 2.77. The Balaban J connectivity index is 1.87. The third-order valence-electron chi connectivity index (χ3n) is 3.92. The molecular weight excluding hydrogens is 284 g/mol. The van der Waals surface area contributed by atoms with Crippen LogP contribution < -0.4 is 0 Å². The van der Waals surface area contributed by atoms with Gasteiger partial charge in [-0.2, -0.15) is 0 Å². The number of carbonyl (C=O) groups is 3. The van der Waals surface area contributed by atoms with E-state index in [4.69, 9.17) is 9.15 Å². The van der Waals surface area contributed by atoms with E-state index in [1.807, 2.05) is 0 Å².